The molecule has 0 spiro atoms. The number of halogens is 1. The number of rotatable bonds is 4. The lowest BCUT2D eigenvalue weighted by Gasteiger charge is -2.23. The Morgan fingerprint density at radius 3 is 2.26 bits per heavy atom. The van der Waals surface area contributed by atoms with Gasteiger partial charge in [0.2, 0.25) is 11.8 Å². The molecule has 19 heavy (non-hydrogen) atoms. The van der Waals surface area contributed by atoms with Gasteiger partial charge in [0, 0.05) is 12.1 Å². The van der Waals surface area contributed by atoms with Gasteiger partial charge in [0.15, 0.2) is 0 Å². The summed E-state index contributed by atoms with van der Waals surface area (Å²) in [5.41, 5.74) is 1.40. The molecule has 100 valence electrons. The maximum Gasteiger partial charge on any atom is 0.239 e. The molecule has 0 bridgehead atoms. The largest absolute Gasteiger partial charge is 0.438 e. The van der Waals surface area contributed by atoms with E-state index in [2.05, 4.69) is 31.0 Å². The molecule has 0 aliphatic carbocycles. The zero-order valence-corrected chi connectivity index (χ0v) is 11.4. The third-order valence-electron chi connectivity index (χ3n) is 3.35. The first-order valence-electron chi connectivity index (χ1n) is 6.29. The van der Waals surface area contributed by atoms with Gasteiger partial charge in [0.25, 0.3) is 0 Å². The van der Waals surface area contributed by atoms with Gasteiger partial charge in [-0.15, -0.1) is 10.2 Å². The number of aromatic nitrogens is 2. The summed E-state index contributed by atoms with van der Waals surface area (Å²) in [4.78, 5) is 0. The Labute approximate surface area is 112 Å². The Morgan fingerprint density at radius 2 is 1.74 bits per heavy atom. The van der Waals surface area contributed by atoms with Gasteiger partial charge in [-0.1, -0.05) is 32.9 Å². The van der Waals surface area contributed by atoms with Crippen LogP contribution in [0.15, 0.2) is 36.4 Å². The van der Waals surface area contributed by atoms with Crippen molar-refractivity contribution in [3.63, 3.8) is 0 Å². The van der Waals surface area contributed by atoms with E-state index in [9.17, 15) is 4.39 Å². The van der Waals surface area contributed by atoms with Crippen molar-refractivity contribution in [3.8, 4) is 11.6 Å². The molecule has 0 saturated carbocycles. The maximum absolute atomic E-state index is 12.6. The van der Waals surface area contributed by atoms with E-state index in [1.165, 1.54) is 17.7 Å². The van der Waals surface area contributed by atoms with Crippen LogP contribution < -0.4 is 4.74 Å². The zero-order valence-electron chi connectivity index (χ0n) is 11.4. The smallest absolute Gasteiger partial charge is 0.239 e. The Morgan fingerprint density at radius 1 is 1.05 bits per heavy atom. The highest BCUT2D eigenvalue weighted by Crippen LogP contribution is 2.29. The molecule has 0 fully saturated rings. The lowest BCUT2D eigenvalue weighted by atomic mass is 9.82. The number of benzene rings is 1. The molecule has 0 atom stereocenters. The molecular formula is C15H17FN2O. The highest BCUT2D eigenvalue weighted by atomic mass is 19.1. The van der Waals surface area contributed by atoms with Crippen LogP contribution in [0.4, 0.5) is 4.39 Å². The van der Waals surface area contributed by atoms with Gasteiger partial charge >= 0.3 is 0 Å². The molecule has 4 heteroatoms. The van der Waals surface area contributed by atoms with Crippen LogP contribution >= 0.6 is 0 Å². The predicted molar refractivity (Wildman–Crippen MR) is 71.8 cm³/mol. The molecule has 0 radical (unpaired) electrons. The van der Waals surface area contributed by atoms with Crippen LogP contribution in [0.25, 0.3) is 0 Å². The lowest BCUT2D eigenvalue weighted by molar-refractivity contribution is 0.442. The Hall–Kier alpha value is -1.97. The lowest BCUT2D eigenvalue weighted by Crippen LogP contribution is -2.14. The summed E-state index contributed by atoms with van der Waals surface area (Å²) in [6, 6.07) is 10.5. The number of nitrogens with zero attached hydrogens (tertiary/aromatic N) is 2. The SMILES string of the molecule is CCC(C)(C)c1ccc(Oc2ccc(F)nn2)cc1. The highest BCUT2D eigenvalue weighted by molar-refractivity contribution is 5.33. The van der Waals surface area contributed by atoms with Crippen molar-refractivity contribution < 1.29 is 9.13 Å². The van der Waals surface area contributed by atoms with Crippen molar-refractivity contribution >= 4 is 0 Å². The van der Waals surface area contributed by atoms with Gasteiger partial charge in [0.1, 0.15) is 5.75 Å². The van der Waals surface area contributed by atoms with E-state index in [-0.39, 0.29) is 11.3 Å². The topological polar surface area (TPSA) is 35.0 Å². The van der Waals surface area contributed by atoms with Crippen molar-refractivity contribution in [2.75, 3.05) is 0 Å². The Balaban J connectivity index is 2.13. The van der Waals surface area contributed by atoms with Crippen molar-refractivity contribution in [3.05, 3.63) is 47.9 Å². The van der Waals surface area contributed by atoms with Gasteiger partial charge in [0.05, 0.1) is 0 Å². The van der Waals surface area contributed by atoms with E-state index in [1.807, 2.05) is 24.3 Å². The van der Waals surface area contributed by atoms with Crippen LogP contribution in [0.5, 0.6) is 11.6 Å². The number of hydrogen-bond donors (Lipinski definition) is 0. The fourth-order valence-corrected chi connectivity index (χ4v) is 1.66. The molecular weight excluding hydrogens is 243 g/mol. The minimum atomic E-state index is -0.618. The van der Waals surface area contributed by atoms with Gasteiger partial charge in [-0.25, -0.2) is 0 Å². The molecule has 1 aromatic carbocycles. The summed E-state index contributed by atoms with van der Waals surface area (Å²) in [5.74, 6) is 0.327. The average molecular weight is 260 g/mol. The van der Waals surface area contributed by atoms with E-state index in [0.29, 0.717) is 5.75 Å². The minimum Gasteiger partial charge on any atom is -0.438 e. The first kappa shape index (κ1) is 13.5. The molecule has 0 saturated heterocycles. The standard InChI is InChI=1S/C15H17FN2O/c1-4-15(2,3)11-5-7-12(8-6-11)19-14-10-9-13(16)17-18-14/h5-10H,4H2,1-3H3. The number of hydrogen-bond acceptors (Lipinski definition) is 3. The molecule has 0 aliphatic heterocycles. The summed E-state index contributed by atoms with van der Waals surface area (Å²) < 4.78 is 18.1. The molecule has 1 aromatic heterocycles. The first-order valence-corrected chi connectivity index (χ1v) is 6.29. The molecule has 0 aliphatic rings. The second-order valence-electron chi connectivity index (χ2n) is 5.06. The fourth-order valence-electron chi connectivity index (χ4n) is 1.66. The first-order chi connectivity index (χ1) is 9.01. The molecule has 2 rings (SSSR count). The van der Waals surface area contributed by atoms with Gasteiger partial charge < -0.3 is 4.74 Å². The van der Waals surface area contributed by atoms with Crippen LogP contribution in [0.2, 0.25) is 0 Å². The van der Waals surface area contributed by atoms with E-state index < -0.39 is 5.95 Å². The quantitative estimate of drug-likeness (QED) is 0.830. The zero-order chi connectivity index (χ0) is 13.9. The van der Waals surface area contributed by atoms with Gasteiger partial charge in [-0.3, -0.25) is 0 Å². The molecule has 3 nitrogen and oxygen atoms in total. The average Bonchev–Trinajstić information content (AvgIpc) is 2.42. The maximum atomic E-state index is 12.6. The summed E-state index contributed by atoms with van der Waals surface area (Å²) in [6.07, 6.45) is 1.07. The predicted octanol–water partition coefficient (Wildman–Crippen LogP) is 4.10. The summed E-state index contributed by atoms with van der Waals surface area (Å²) in [7, 11) is 0. The van der Waals surface area contributed by atoms with Crippen molar-refractivity contribution in [1.29, 1.82) is 0 Å². The van der Waals surface area contributed by atoms with Crippen LogP contribution in [0.1, 0.15) is 32.8 Å². The van der Waals surface area contributed by atoms with E-state index in [0.717, 1.165) is 6.42 Å². The van der Waals surface area contributed by atoms with E-state index >= 15 is 0 Å². The third-order valence-corrected chi connectivity index (χ3v) is 3.35. The minimum absolute atomic E-state index is 0.147. The number of ether oxygens (including phenoxy) is 1. The van der Waals surface area contributed by atoms with Crippen molar-refractivity contribution in [2.24, 2.45) is 0 Å². The molecule has 2 aromatic rings. The van der Waals surface area contributed by atoms with Crippen LogP contribution in [-0.4, -0.2) is 10.2 Å². The van der Waals surface area contributed by atoms with Crippen molar-refractivity contribution in [2.45, 2.75) is 32.6 Å². The Bertz CT molecular complexity index is 535. The van der Waals surface area contributed by atoms with Crippen LogP contribution in [0, 0.1) is 5.95 Å². The van der Waals surface area contributed by atoms with Crippen LogP contribution in [0.3, 0.4) is 0 Å². The van der Waals surface area contributed by atoms with E-state index in [4.69, 9.17) is 4.74 Å². The molecule has 1 heterocycles. The fraction of sp³-hybridized carbons (Fsp3) is 0.333. The summed E-state index contributed by atoms with van der Waals surface area (Å²) in [5, 5.41) is 6.92. The van der Waals surface area contributed by atoms with Gasteiger partial charge in [-0.05, 0) is 29.5 Å². The summed E-state index contributed by atoms with van der Waals surface area (Å²) >= 11 is 0. The van der Waals surface area contributed by atoms with Crippen LogP contribution in [-0.2, 0) is 5.41 Å². The van der Waals surface area contributed by atoms with Crippen molar-refractivity contribution in [1.82, 2.24) is 10.2 Å². The van der Waals surface area contributed by atoms with E-state index in [1.54, 1.807) is 0 Å². The Kier molecular flexibility index (Phi) is 3.79. The van der Waals surface area contributed by atoms with Gasteiger partial charge in [-0.2, -0.15) is 4.39 Å². The second kappa shape index (κ2) is 5.34. The molecule has 0 N–H and O–H groups in total. The summed E-state index contributed by atoms with van der Waals surface area (Å²) in [6.45, 7) is 6.57. The monoisotopic (exact) mass is 260 g/mol. The normalized spacial score (nSPS) is 11.4. The molecule has 0 unspecified atom stereocenters. The molecule has 0 amide bonds. The highest BCUT2D eigenvalue weighted by Gasteiger charge is 2.17. The third kappa shape index (κ3) is 3.28. The second-order valence-corrected chi connectivity index (χ2v) is 5.06.